The van der Waals surface area contributed by atoms with Gasteiger partial charge in [0.25, 0.3) is 0 Å². The van der Waals surface area contributed by atoms with Crippen LogP contribution >= 0.6 is 0 Å². The minimum atomic E-state index is -0.580. The van der Waals surface area contributed by atoms with Crippen molar-refractivity contribution in [1.82, 2.24) is 5.32 Å². The van der Waals surface area contributed by atoms with E-state index in [-0.39, 0.29) is 6.04 Å². The first-order valence-electron chi connectivity index (χ1n) is 22.2. The van der Waals surface area contributed by atoms with E-state index in [0.29, 0.717) is 0 Å². The summed E-state index contributed by atoms with van der Waals surface area (Å²) in [6.45, 7) is 0. The monoisotopic (exact) mass is 815 g/mol. The topological polar surface area (TPSA) is 27.6 Å². The molecule has 0 radical (unpaired) electrons. The predicted molar refractivity (Wildman–Crippen MR) is 266 cm³/mol. The third kappa shape index (κ3) is 5.44. The maximum Gasteiger partial charge on any atom is 0.134 e. The Morgan fingerprint density at radius 2 is 0.953 bits per heavy atom. The Balaban J connectivity index is 1.02. The molecule has 2 aliphatic heterocycles. The molecular formula is C61H41N3. The van der Waals surface area contributed by atoms with Gasteiger partial charge in [-0.2, -0.15) is 0 Å². The zero-order valence-corrected chi connectivity index (χ0v) is 35.0. The van der Waals surface area contributed by atoms with Crippen molar-refractivity contribution in [3.63, 3.8) is 0 Å². The van der Waals surface area contributed by atoms with Gasteiger partial charge in [0.2, 0.25) is 0 Å². The molecule has 0 amide bonds. The number of anilines is 3. The lowest BCUT2D eigenvalue weighted by atomic mass is 9.63. The number of rotatable bonds is 5. The van der Waals surface area contributed by atoms with Crippen LogP contribution in [0, 0.1) is 0 Å². The minimum Gasteiger partial charge on any atom is -0.359 e. The highest BCUT2D eigenvalue weighted by Gasteiger charge is 2.52. The highest BCUT2D eigenvalue weighted by Crippen LogP contribution is 2.65. The van der Waals surface area contributed by atoms with E-state index < -0.39 is 5.41 Å². The lowest BCUT2D eigenvalue weighted by molar-refractivity contribution is 0.756. The summed E-state index contributed by atoms with van der Waals surface area (Å²) in [4.78, 5) is 7.80. The van der Waals surface area contributed by atoms with Crippen molar-refractivity contribution < 1.29 is 0 Å². The average Bonchev–Trinajstić information content (AvgIpc) is 3.66. The second kappa shape index (κ2) is 14.4. The summed E-state index contributed by atoms with van der Waals surface area (Å²) in [6.07, 6.45) is 2.23. The van der Waals surface area contributed by atoms with Gasteiger partial charge in [0.05, 0.1) is 28.5 Å². The highest BCUT2D eigenvalue weighted by atomic mass is 15.2. The minimum absolute atomic E-state index is 0.0199. The summed E-state index contributed by atoms with van der Waals surface area (Å²) in [6, 6.07) is 84.5. The van der Waals surface area contributed by atoms with Gasteiger partial charge < -0.3 is 10.2 Å². The van der Waals surface area contributed by atoms with Gasteiger partial charge in [-0.1, -0.05) is 206 Å². The molecule has 3 nitrogen and oxygen atoms in total. The molecule has 0 saturated heterocycles. The van der Waals surface area contributed by atoms with Gasteiger partial charge in [0, 0.05) is 22.0 Å². The molecule has 2 heterocycles. The molecule has 1 aliphatic carbocycles. The number of hydrogen-bond donors (Lipinski definition) is 1. The lowest BCUT2D eigenvalue weighted by Gasteiger charge is -2.46. The van der Waals surface area contributed by atoms with Crippen molar-refractivity contribution in [3.05, 3.63) is 276 Å². The average molecular weight is 816 g/mol. The molecule has 0 bridgehead atoms. The van der Waals surface area contributed by atoms with Crippen LogP contribution in [0.4, 0.5) is 17.1 Å². The molecule has 1 atom stereocenters. The number of aliphatic imine (C=N–C) groups is 1. The number of benzene rings is 10. The fourth-order valence-electron chi connectivity index (χ4n) is 10.9. The van der Waals surface area contributed by atoms with Crippen LogP contribution in [0.1, 0.15) is 45.0 Å². The fourth-order valence-corrected chi connectivity index (χ4v) is 10.9. The predicted octanol–water partition coefficient (Wildman–Crippen LogP) is 14.9. The molecule has 10 aromatic carbocycles. The van der Waals surface area contributed by atoms with Gasteiger partial charge in [-0.25, -0.2) is 4.99 Å². The van der Waals surface area contributed by atoms with Gasteiger partial charge in [-0.3, -0.25) is 0 Å². The van der Waals surface area contributed by atoms with Crippen molar-refractivity contribution in [3.8, 4) is 22.3 Å². The van der Waals surface area contributed by atoms with E-state index >= 15 is 0 Å². The molecular weight excluding hydrogens is 775 g/mol. The van der Waals surface area contributed by atoms with Crippen molar-refractivity contribution in [2.24, 2.45) is 4.99 Å². The van der Waals surface area contributed by atoms with E-state index in [1.807, 2.05) is 0 Å². The molecule has 0 aromatic heterocycles. The molecule has 1 unspecified atom stereocenters. The lowest BCUT2D eigenvalue weighted by Crippen LogP contribution is -2.36. The van der Waals surface area contributed by atoms with Crippen LogP contribution < -0.4 is 10.2 Å². The summed E-state index contributed by atoms with van der Waals surface area (Å²) < 4.78 is 0. The molecule has 300 valence electrons. The summed E-state index contributed by atoms with van der Waals surface area (Å²) >= 11 is 0. The van der Waals surface area contributed by atoms with Gasteiger partial charge in [-0.05, 0) is 96.7 Å². The number of hydrogen-bond acceptors (Lipinski definition) is 3. The van der Waals surface area contributed by atoms with Gasteiger partial charge >= 0.3 is 0 Å². The van der Waals surface area contributed by atoms with Gasteiger partial charge in [0.15, 0.2) is 0 Å². The third-order valence-corrected chi connectivity index (χ3v) is 13.7. The molecule has 3 aliphatic rings. The Hall–Kier alpha value is -8.27. The molecule has 64 heavy (non-hydrogen) atoms. The van der Waals surface area contributed by atoms with Crippen LogP contribution in [0.2, 0.25) is 0 Å². The molecule has 1 spiro atoms. The first-order valence-corrected chi connectivity index (χ1v) is 22.2. The summed E-state index contributed by atoms with van der Waals surface area (Å²) in [5, 5.41) is 8.71. The van der Waals surface area contributed by atoms with E-state index in [2.05, 4.69) is 247 Å². The third-order valence-electron chi connectivity index (χ3n) is 13.7. The Morgan fingerprint density at radius 3 is 1.67 bits per heavy atom. The first kappa shape index (κ1) is 36.4. The van der Waals surface area contributed by atoms with Crippen LogP contribution in [0.3, 0.4) is 0 Å². The van der Waals surface area contributed by atoms with Crippen LogP contribution in [0.15, 0.2) is 242 Å². The van der Waals surface area contributed by atoms with Gasteiger partial charge in [-0.15, -0.1) is 0 Å². The Labute approximate surface area is 373 Å². The maximum absolute atomic E-state index is 5.25. The molecule has 1 N–H and O–H groups in total. The number of nitrogens with one attached hydrogen (secondary N) is 1. The van der Waals surface area contributed by atoms with Crippen LogP contribution in [-0.2, 0) is 5.41 Å². The Morgan fingerprint density at radius 1 is 0.406 bits per heavy atom. The second-order valence-electron chi connectivity index (χ2n) is 17.1. The smallest absolute Gasteiger partial charge is 0.134 e. The zero-order chi connectivity index (χ0) is 42.2. The van der Waals surface area contributed by atoms with Gasteiger partial charge in [0.1, 0.15) is 5.84 Å². The Bertz CT molecular complexity index is 3450. The highest BCUT2D eigenvalue weighted by molar-refractivity contribution is 6.12. The fraction of sp³-hybridized carbons (Fsp3) is 0.0328. The normalized spacial score (nSPS) is 15.4. The maximum atomic E-state index is 5.25. The summed E-state index contributed by atoms with van der Waals surface area (Å²) in [7, 11) is 0. The van der Waals surface area contributed by atoms with E-state index in [1.165, 1.54) is 77.4 Å². The van der Waals surface area contributed by atoms with E-state index in [9.17, 15) is 0 Å². The molecule has 3 heteroatoms. The summed E-state index contributed by atoms with van der Waals surface area (Å²) in [5.41, 5.74) is 17.4. The van der Waals surface area contributed by atoms with Crippen molar-refractivity contribution in [1.29, 1.82) is 0 Å². The van der Waals surface area contributed by atoms with Crippen molar-refractivity contribution in [2.45, 2.75) is 11.5 Å². The number of amidine groups is 1. The first-order chi connectivity index (χ1) is 31.7. The number of para-hydroxylation sites is 1. The summed E-state index contributed by atoms with van der Waals surface area (Å²) in [5.74, 6) is 0.861. The van der Waals surface area contributed by atoms with E-state index in [4.69, 9.17) is 4.99 Å². The van der Waals surface area contributed by atoms with Crippen LogP contribution in [-0.4, -0.2) is 5.84 Å². The number of fused-ring (bicyclic) bond motifs is 13. The van der Waals surface area contributed by atoms with E-state index in [1.54, 1.807) is 0 Å². The largest absolute Gasteiger partial charge is 0.359 e. The van der Waals surface area contributed by atoms with Crippen molar-refractivity contribution in [2.75, 3.05) is 4.90 Å². The van der Waals surface area contributed by atoms with Crippen molar-refractivity contribution >= 4 is 50.1 Å². The van der Waals surface area contributed by atoms with Crippen LogP contribution in [0.5, 0.6) is 0 Å². The van der Waals surface area contributed by atoms with E-state index in [0.717, 1.165) is 33.9 Å². The number of nitrogens with zero attached hydrogens (tertiary/aromatic N) is 2. The molecule has 0 fully saturated rings. The second-order valence-corrected chi connectivity index (χ2v) is 17.1. The quantitative estimate of drug-likeness (QED) is 0.187. The van der Waals surface area contributed by atoms with Crippen LogP contribution in [0.25, 0.3) is 49.5 Å². The Kier molecular flexibility index (Phi) is 8.19. The zero-order valence-electron chi connectivity index (χ0n) is 35.0. The standard InChI is InChI=1S/C61H41N3/c1-4-19-42(20-5-1)56-39-57(43-21-6-2-7-22-43)63-60(62-56)46-24-16-23-44(37-46)45-33-34-53-51(38-45)50-29-14-15-30-52(50)61(53)54-35-31-40-17-10-12-27-48(40)58(54)64(47-25-8-3-9-26-47)59-49-28-13-11-18-41(49)32-36-55(59)61/h1-39,56H,(H,62,63). The molecule has 0 saturated carbocycles. The molecule has 13 rings (SSSR count). The molecule has 10 aromatic rings. The SMILES string of the molecule is C1=C(c2ccccc2)N=C(c2cccc(-c3ccc4c(c3)-c3ccccc3C43c4ccc5ccccc5c4N(c4ccccc4)c4c3ccc3ccccc43)c2)NC1c1ccccc1.